The van der Waals surface area contributed by atoms with E-state index in [4.69, 9.17) is 0 Å². The molecule has 28 heavy (non-hydrogen) atoms. The Kier molecular flexibility index (Phi) is 5.84. The predicted molar refractivity (Wildman–Crippen MR) is 101 cm³/mol. The molecule has 0 unspecified atom stereocenters. The lowest BCUT2D eigenvalue weighted by Gasteiger charge is -2.38. The quantitative estimate of drug-likeness (QED) is 0.627. The molecule has 0 saturated carbocycles. The van der Waals surface area contributed by atoms with Crippen LogP contribution in [0.3, 0.4) is 0 Å². The van der Waals surface area contributed by atoms with Gasteiger partial charge >= 0.3 is 0 Å². The van der Waals surface area contributed by atoms with Crippen LogP contribution in [0.15, 0.2) is 42.5 Å². The normalized spacial score (nSPS) is 15.9. The Labute approximate surface area is 160 Å². The van der Waals surface area contributed by atoms with Crippen LogP contribution in [0.4, 0.5) is 25.8 Å². The summed E-state index contributed by atoms with van der Waals surface area (Å²) in [4.78, 5) is 27.0. The zero-order chi connectivity index (χ0) is 20.3. The van der Waals surface area contributed by atoms with Crippen molar-refractivity contribution in [3.8, 4) is 0 Å². The highest BCUT2D eigenvalue weighted by Gasteiger charge is 2.28. The van der Waals surface area contributed by atoms with E-state index in [1.54, 1.807) is 25.1 Å². The third-order valence-electron chi connectivity index (χ3n) is 4.85. The molecular weight excluding hydrogens is 370 g/mol. The smallest absolute Gasteiger partial charge is 0.292 e. The Morgan fingerprint density at radius 1 is 1.14 bits per heavy atom. The Balaban J connectivity index is 1.62. The number of halogens is 2. The van der Waals surface area contributed by atoms with Crippen LogP contribution in [0.1, 0.15) is 6.92 Å². The largest absolute Gasteiger partial charge is 0.363 e. The molecule has 0 spiro atoms. The van der Waals surface area contributed by atoms with E-state index in [0.717, 1.165) is 18.2 Å². The summed E-state index contributed by atoms with van der Waals surface area (Å²) in [5, 5.41) is 13.6. The van der Waals surface area contributed by atoms with Crippen LogP contribution in [-0.2, 0) is 4.79 Å². The number of hydrogen-bond acceptors (Lipinski definition) is 5. The van der Waals surface area contributed by atoms with Crippen molar-refractivity contribution in [2.75, 3.05) is 36.4 Å². The standard InChI is InChI=1S/C19H20F2N4O3/c1-13(19(26)22-16-12-14(20)6-7-15(16)21)23-8-10-24(11-9-23)17-4-2-3-5-18(17)25(27)28/h2-7,12-13H,8-11H2,1H3,(H,22,26)/t13-/m1/s1. The fourth-order valence-corrected chi connectivity index (χ4v) is 3.23. The van der Waals surface area contributed by atoms with Crippen LogP contribution in [0.25, 0.3) is 0 Å². The van der Waals surface area contributed by atoms with Crippen LogP contribution in [0.5, 0.6) is 0 Å². The Morgan fingerprint density at radius 2 is 1.82 bits per heavy atom. The number of para-hydroxylation sites is 2. The minimum absolute atomic E-state index is 0.0447. The maximum absolute atomic E-state index is 13.7. The van der Waals surface area contributed by atoms with Crippen LogP contribution in [0.2, 0.25) is 0 Å². The molecule has 3 rings (SSSR count). The van der Waals surface area contributed by atoms with Crippen molar-refractivity contribution in [2.24, 2.45) is 0 Å². The van der Waals surface area contributed by atoms with Crippen LogP contribution < -0.4 is 10.2 Å². The van der Waals surface area contributed by atoms with E-state index in [9.17, 15) is 23.7 Å². The Hall–Kier alpha value is -3.07. The number of nitrogens with one attached hydrogen (secondary N) is 1. The van der Waals surface area contributed by atoms with Gasteiger partial charge in [0.15, 0.2) is 0 Å². The highest BCUT2D eigenvalue weighted by molar-refractivity contribution is 5.94. The molecular formula is C19H20F2N4O3. The van der Waals surface area contributed by atoms with Gasteiger partial charge in [0.25, 0.3) is 5.69 Å². The molecule has 1 fully saturated rings. The lowest BCUT2D eigenvalue weighted by atomic mass is 10.1. The van der Waals surface area contributed by atoms with Gasteiger partial charge in [-0.3, -0.25) is 19.8 Å². The van der Waals surface area contributed by atoms with Gasteiger partial charge in [0.1, 0.15) is 17.3 Å². The maximum Gasteiger partial charge on any atom is 0.292 e. The third-order valence-corrected chi connectivity index (χ3v) is 4.85. The first-order valence-corrected chi connectivity index (χ1v) is 8.85. The maximum atomic E-state index is 13.7. The number of carbonyl (C=O) groups is 1. The molecule has 0 bridgehead atoms. The second-order valence-electron chi connectivity index (χ2n) is 6.56. The number of amides is 1. The summed E-state index contributed by atoms with van der Waals surface area (Å²) < 4.78 is 27.0. The predicted octanol–water partition coefficient (Wildman–Crippen LogP) is 3.02. The number of hydrogen-bond donors (Lipinski definition) is 1. The summed E-state index contributed by atoms with van der Waals surface area (Å²) in [6.07, 6.45) is 0. The van der Waals surface area contributed by atoms with Crippen molar-refractivity contribution < 1.29 is 18.5 Å². The van der Waals surface area contributed by atoms with Gasteiger partial charge in [-0.05, 0) is 25.1 Å². The van der Waals surface area contributed by atoms with Gasteiger partial charge in [-0.15, -0.1) is 0 Å². The first kappa shape index (κ1) is 19.7. The van der Waals surface area contributed by atoms with E-state index >= 15 is 0 Å². The highest BCUT2D eigenvalue weighted by Crippen LogP contribution is 2.28. The van der Waals surface area contributed by atoms with Gasteiger partial charge < -0.3 is 10.2 Å². The molecule has 1 atom stereocenters. The van der Waals surface area contributed by atoms with E-state index in [0.29, 0.717) is 31.9 Å². The van der Waals surface area contributed by atoms with Gasteiger partial charge in [0.2, 0.25) is 5.91 Å². The van der Waals surface area contributed by atoms with Crippen LogP contribution in [0, 0.1) is 21.7 Å². The SMILES string of the molecule is C[C@H](C(=O)Nc1cc(F)ccc1F)N1CCN(c2ccccc2[N+](=O)[O-])CC1. The molecule has 9 heteroatoms. The molecule has 1 aliphatic heterocycles. The molecule has 1 saturated heterocycles. The number of anilines is 2. The molecule has 0 radical (unpaired) electrons. The zero-order valence-corrected chi connectivity index (χ0v) is 15.3. The number of nitro benzene ring substituents is 1. The summed E-state index contributed by atoms with van der Waals surface area (Å²) >= 11 is 0. The number of piperazine rings is 1. The van der Waals surface area contributed by atoms with E-state index < -0.39 is 28.5 Å². The van der Waals surface area contributed by atoms with Crippen molar-refractivity contribution in [3.63, 3.8) is 0 Å². The summed E-state index contributed by atoms with van der Waals surface area (Å²) in [6.45, 7) is 3.72. The Bertz CT molecular complexity index is 885. The fourth-order valence-electron chi connectivity index (χ4n) is 3.23. The third kappa shape index (κ3) is 4.25. The van der Waals surface area contributed by atoms with E-state index in [2.05, 4.69) is 5.32 Å². The number of benzene rings is 2. The zero-order valence-electron chi connectivity index (χ0n) is 15.3. The summed E-state index contributed by atoms with van der Waals surface area (Å²) in [7, 11) is 0. The van der Waals surface area contributed by atoms with Crippen LogP contribution >= 0.6 is 0 Å². The summed E-state index contributed by atoms with van der Waals surface area (Å²) in [6, 6.07) is 8.86. The average molecular weight is 390 g/mol. The lowest BCUT2D eigenvalue weighted by molar-refractivity contribution is -0.384. The summed E-state index contributed by atoms with van der Waals surface area (Å²) in [5.41, 5.74) is 0.393. The second kappa shape index (κ2) is 8.30. The molecule has 1 aliphatic rings. The van der Waals surface area contributed by atoms with Gasteiger partial charge in [-0.1, -0.05) is 12.1 Å². The molecule has 7 nitrogen and oxygen atoms in total. The second-order valence-corrected chi connectivity index (χ2v) is 6.56. The molecule has 1 amide bonds. The monoisotopic (exact) mass is 390 g/mol. The average Bonchev–Trinajstić information content (AvgIpc) is 2.70. The number of carbonyl (C=O) groups excluding carboxylic acids is 1. The van der Waals surface area contributed by atoms with E-state index in [1.165, 1.54) is 6.07 Å². The molecule has 2 aromatic carbocycles. The lowest BCUT2D eigenvalue weighted by Crippen LogP contribution is -2.53. The van der Waals surface area contributed by atoms with Crippen molar-refractivity contribution in [1.29, 1.82) is 0 Å². The van der Waals surface area contributed by atoms with E-state index in [-0.39, 0.29) is 11.4 Å². The van der Waals surface area contributed by atoms with Gasteiger partial charge in [-0.2, -0.15) is 0 Å². The van der Waals surface area contributed by atoms with Gasteiger partial charge in [0, 0.05) is 38.3 Å². The van der Waals surface area contributed by atoms with E-state index in [1.807, 2.05) is 9.80 Å². The van der Waals surface area contributed by atoms with Crippen molar-refractivity contribution in [3.05, 3.63) is 64.2 Å². The number of rotatable bonds is 5. The highest BCUT2D eigenvalue weighted by atomic mass is 19.1. The van der Waals surface area contributed by atoms with Crippen molar-refractivity contribution in [1.82, 2.24) is 4.90 Å². The first-order chi connectivity index (χ1) is 13.4. The molecule has 1 heterocycles. The topological polar surface area (TPSA) is 78.7 Å². The van der Waals surface area contributed by atoms with Gasteiger partial charge in [-0.25, -0.2) is 8.78 Å². The van der Waals surface area contributed by atoms with Crippen molar-refractivity contribution in [2.45, 2.75) is 13.0 Å². The molecule has 0 aliphatic carbocycles. The van der Waals surface area contributed by atoms with Crippen molar-refractivity contribution >= 4 is 23.0 Å². The minimum Gasteiger partial charge on any atom is -0.363 e. The molecule has 0 aromatic heterocycles. The summed E-state index contributed by atoms with van der Waals surface area (Å²) in [5.74, 6) is -1.78. The molecule has 148 valence electrons. The number of nitrogens with zero attached hydrogens (tertiary/aromatic N) is 3. The first-order valence-electron chi connectivity index (χ1n) is 8.85. The molecule has 1 N–H and O–H groups in total. The molecule has 2 aromatic rings. The Morgan fingerprint density at radius 3 is 2.50 bits per heavy atom. The fraction of sp³-hybridized carbons (Fsp3) is 0.316. The van der Waals surface area contributed by atoms with Crippen LogP contribution in [-0.4, -0.2) is 48.0 Å². The number of nitro groups is 1. The minimum atomic E-state index is -0.705. The van der Waals surface area contributed by atoms with Gasteiger partial charge in [0.05, 0.1) is 16.7 Å².